The van der Waals surface area contributed by atoms with Crippen LogP contribution in [-0.4, -0.2) is 33.2 Å². The standard InChI is InChI=1S/C18H20N4O5/c1-4-27-17(24)21-16-13(10-19-18(16,2)3)14(20-21)9-15(23)11-5-7-12(8-6-11)22(25)26/h5-8,19H,4,9-10H2,1-3H3. The summed E-state index contributed by atoms with van der Waals surface area (Å²) in [6.07, 6.45) is -0.593. The number of hydrogen-bond donors (Lipinski definition) is 1. The van der Waals surface area contributed by atoms with Gasteiger partial charge in [0, 0.05) is 29.8 Å². The number of nitrogens with one attached hydrogen (secondary N) is 1. The molecule has 1 aliphatic heterocycles. The molecule has 2 aromatic rings. The molecule has 27 heavy (non-hydrogen) atoms. The molecule has 0 amide bonds. The molecule has 142 valence electrons. The maximum atomic E-state index is 12.6. The Bertz CT molecular complexity index is 915. The molecule has 0 radical (unpaired) electrons. The van der Waals surface area contributed by atoms with Gasteiger partial charge in [-0.05, 0) is 32.9 Å². The minimum Gasteiger partial charge on any atom is -0.448 e. The fraction of sp³-hybridized carbons (Fsp3) is 0.389. The first-order chi connectivity index (χ1) is 12.7. The summed E-state index contributed by atoms with van der Waals surface area (Å²) >= 11 is 0. The molecule has 1 aromatic carbocycles. The number of Topliss-reactive ketones (excluding diaryl/α,β-unsaturated/α-hetero) is 1. The number of nitro groups is 1. The van der Waals surface area contributed by atoms with E-state index in [4.69, 9.17) is 4.74 Å². The number of aromatic nitrogens is 2. The van der Waals surface area contributed by atoms with Crippen LogP contribution in [-0.2, 0) is 23.2 Å². The number of rotatable bonds is 5. The van der Waals surface area contributed by atoms with E-state index in [0.717, 1.165) is 5.56 Å². The van der Waals surface area contributed by atoms with E-state index in [1.54, 1.807) is 6.92 Å². The lowest BCUT2D eigenvalue weighted by molar-refractivity contribution is -0.384. The van der Waals surface area contributed by atoms with Gasteiger partial charge in [-0.25, -0.2) is 4.79 Å². The molecular weight excluding hydrogens is 352 g/mol. The second kappa shape index (κ2) is 6.92. The van der Waals surface area contributed by atoms with Gasteiger partial charge in [-0.15, -0.1) is 0 Å². The summed E-state index contributed by atoms with van der Waals surface area (Å²) in [5.74, 6) is -0.231. The summed E-state index contributed by atoms with van der Waals surface area (Å²) in [7, 11) is 0. The third-order valence-corrected chi connectivity index (χ3v) is 4.53. The van der Waals surface area contributed by atoms with E-state index < -0.39 is 16.6 Å². The molecule has 0 fully saturated rings. The minimum absolute atomic E-state index is 0.00961. The van der Waals surface area contributed by atoms with E-state index in [-0.39, 0.29) is 24.5 Å². The predicted molar refractivity (Wildman–Crippen MR) is 95.6 cm³/mol. The lowest BCUT2D eigenvalue weighted by Gasteiger charge is -2.20. The highest BCUT2D eigenvalue weighted by Gasteiger charge is 2.38. The van der Waals surface area contributed by atoms with Crippen molar-refractivity contribution in [3.05, 3.63) is 56.9 Å². The molecule has 0 atom stereocenters. The summed E-state index contributed by atoms with van der Waals surface area (Å²) in [5, 5.41) is 18.4. The zero-order valence-corrected chi connectivity index (χ0v) is 15.3. The number of carbonyl (C=O) groups is 2. The number of non-ortho nitro benzene ring substituents is 1. The highest BCUT2D eigenvalue weighted by molar-refractivity contribution is 5.97. The van der Waals surface area contributed by atoms with Gasteiger partial charge in [0.1, 0.15) is 0 Å². The van der Waals surface area contributed by atoms with Crippen LogP contribution in [0.1, 0.15) is 48.1 Å². The second-order valence-corrected chi connectivity index (χ2v) is 6.77. The van der Waals surface area contributed by atoms with Crippen molar-refractivity contribution in [2.75, 3.05) is 6.61 Å². The van der Waals surface area contributed by atoms with Crippen LogP contribution in [0, 0.1) is 10.1 Å². The van der Waals surface area contributed by atoms with Crippen molar-refractivity contribution in [1.29, 1.82) is 0 Å². The Hall–Kier alpha value is -3.07. The van der Waals surface area contributed by atoms with Crippen LogP contribution in [0.3, 0.4) is 0 Å². The smallest absolute Gasteiger partial charge is 0.434 e. The van der Waals surface area contributed by atoms with Crippen molar-refractivity contribution in [2.24, 2.45) is 0 Å². The highest BCUT2D eigenvalue weighted by atomic mass is 16.6. The molecule has 1 N–H and O–H groups in total. The monoisotopic (exact) mass is 372 g/mol. The van der Waals surface area contributed by atoms with Gasteiger partial charge in [-0.2, -0.15) is 9.78 Å². The average molecular weight is 372 g/mol. The first-order valence-electron chi connectivity index (χ1n) is 8.55. The zero-order valence-electron chi connectivity index (χ0n) is 15.3. The van der Waals surface area contributed by atoms with Gasteiger partial charge in [0.25, 0.3) is 5.69 Å². The Labute approximate surface area is 155 Å². The van der Waals surface area contributed by atoms with Crippen molar-refractivity contribution in [2.45, 2.75) is 39.3 Å². The van der Waals surface area contributed by atoms with Crippen LogP contribution in [0.5, 0.6) is 0 Å². The van der Waals surface area contributed by atoms with Crippen molar-refractivity contribution in [3.8, 4) is 0 Å². The number of benzene rings is 1. The maximum absolute atomic E-state index is 12.6. The normalized spacial score (nSPS) is 14.6. The van der Waals surface area contributed by atoms with Gasteiger partial charge in [-0.3, -0.25) is 14.9 Å². The molecule has 2 heterocycles. The fourth-order valence-electron chi connectivity index (χ4n) is 3.20. The van der Waals surface area contributed by atoms with Gasteiger partial charge in [-0.1, -0.05) is 0 Å². The molecule has 0 saturated heterocycles. The molecule has 1 aliphatic rings. The van der Waals surface area contributed by atoms with E-state index in [1.807, 2.05) is 13.8 Å². The Kier molecular flexibility index (Phi) is 4.79. The molecule has 1 aromatic heterocycles. The topological polar surface area (TPSA) is 116 Å². The van der Waals surface area contributed by atoms with Crippen LogP contribution in [0.25, 0.3) is 0 Å². The Morgan fingerprint density at radius 1 is 1.33 bits per heavy atom. The summed E-state index contributed by atoms with van der Waals surface area (Å²) in [4.78, 5) is 35.1. The van der Waals surface area contributed by atoms with Crippen LogP contribution >= 0.6 is 0 Å². The number of hydrogen-bond acceptors (Lipinski definition) is 7. The van der Waals surface area contributed by atoms with Crippen LogP contribution in [0.2, 0.25) is 0 Å². The number of nitrogens with zero attached hydrogens (tertiary/aromatic N) is 3. The summed E-state index contributed by atoms with van der Waals surface area (Å²) < 4.78 is 6.29. The molecule has 0 spiro atoms. The molecule has 9 heteroatoms. The van der Waals surface area contributed by atoms with Crippen LogP contribution in [0.4, 0.5) is 10.5 Å². The van der Waals surface area contributed by atoms with Gasteiger partial charge < -0.3 is 10.1 Å². The van der Waals surface area contributed by atoms with E-state index in [1.165, 1.54) is 28.9 Å². The second-order valence-electron chi connectivity index (χ2n) is 6.77. The van der Waals surface area contributed by atoms with E-state index in [9.17, 15) is 19.7 Å². The van der Waals surface area contributed by atoms with E-state index >= 15 is 0 Å². The molecular formula is C18H20N4O5. The SMILES string of the molecule is CCOC(=O)n1nc(CC(=O)c2ccc([N+](=O)[O-])cc2)c2c1C(C)(C)NC2. The average Bonchev–Trinajstić information content (AvgIpc) is 3.14. The van der Waals surface area contributed by atoms with Gasteiger partial charge >= 0.3 is 6.09 Å². The van der Waals surface area contributed by atoms with Crippen molar-refractivity contribution < 1.29 is 19.2 Å². The van der Waals surface area contributed by atoms with Gasteiger partial charge in [0.15, 0.2) is 5.78 Å². The number of fused-ring (bicyclic) bond motifs is 1. The Morgan fingerprint density at radius 2 is 2.00 bits per heavy atom. The zero-order chi connectivity index (χ0) is 19.8. The quantitative estimate of drug-likeness (QED) is 0.487. The fourth-order valence-corrected chi connectivity index (χ4v) is 3.20. The maximum Gasteiger partial charge on any atom is 0.434 e. The molecule has 0 unspecified atom stereocenters. The predicted octanol–water partition coefficient (Wildman–Crippen LogP) is 2.56. The molecule has 3 rings (SSSR count). The summed E-state index contributed by atoms with van der Waals surface area (Å²) in [6.45, 7) is 6.28. The van der Waals surface area contributed by atoms with Crippen molar-refractivity contribution in [3.63, 3.8) is 0 Å². The van der Waals surface area contributed by atoms with Crippen molar-refractivity contribution >= 4 is 17.6 Å². The van der Waals surface area contributed by atoms with Crippen LogP contribution < -0.4 is 5.32 Å². The van der Waals surface area contributed by atoms with Gasteiger partial charge in [0.05, 0.1) is 34.9 Å². The highest BCUT2D eigenvalue weighted by Crippen LogP contribution is 2.33. The number of nitro benzene ring substituents is 1. The third-order valence-electron chi connectivity index (χ3n) is 4.53. The Morgan fingerprint density at radius 3 is 2.59 bits per heavy atom. The number of ketones is 1. The first-order valence-corrected chi connectivity index (χ1v) is 8.55. The van der Waals surface area contributed by atoms with Crippen molar-refractivity contribution in [1.82, 2.24) is 15.1 Å². The van der Waals surface area contributed by atoms with Crippen LogP contribution in [0.15, 0.2) is 24.3 Å². The number of carbonyl (C=O) groups excluding carboxylic acids is 2. The lowest BCUT2D eigenvalue weighted by Crippen LogP contribution is -2.34. The van der Waals surface area contributed by atoms with E-state index in [2.05, 4.69) is 10.4 Å². The van der Waals surface area contributed by atoms with Gasteiger partial charge in [0.2, 0.25) is 0 Å². The largest absolute Gasteiger partial charge is 0.448 e. The first kappa shape index (κ1) is 18.7. The summed E-state index contributed by atoms with van der Waals surface area (Å²) in [5.41, 5.74) is 1.79. The number of ether oxygens (including phenoxy) is 1. The van der Waals surface area contributed by atoms with E-state index in [0.29, 0.717) is 23.5 Å². The molecule has 0 aliphatic carbocycles. The molecule has 9 nitrogen and oxygen atoms in total. The lowest BCUT2D eigenvalue weighted by atomic mass is 9.99. The summed E-state index contributed by atoms with van der Waals surface area (Å²) in [6, 6.07) is 5.43. The minimum atomic E-state index is -0.584. The Balaban J connectivity index is 1.91. The molecule has 0 bridgehead atoms. The molecule has 0 saturated carbocycles. The third kappa shape index (κ3) is 3.45.